The number of aromatic nitrogens is 2. The van der Waals surface area contributed by atoms with Crippen molar-refractivity contribution >= 4 is 39.0 Å². The van der Waals surface area contributed by atoms with Crippen LogP contribution in [0.15, 0.2) is 30.6 Å². The van der Waals surface area contributed by atoms with Crippen LogP contribution in [0, 0.1) is 5.92 Å². The van der Waals surface area contributed by atoms with Crippen LogP contribution in [0.4, 0.5) is 5.82 Å². The van der Waals surface area contributed by atoms with Crippen molar-refractivity contribution in [3.8, 4) is 0 Å². The van der Waals surface area contributed by atoms with Crippen LogP contribution in [0.5, 0.6) is 0 Å². The maximum absolute atomic E-state index is 6.25. The van der Waals surface area contributed by atoms with Crippen LogP contribution < -0.4 is 5.32 Å². The molecule has 2 aromatic heterocycles. The Hall–Kier alpha value is -1.65. The number of thiophene rings is 1. The van der Waals surface area contributed by atoms with Crippen LogP contribution >= 0.6 is 22.9 Å². The van der Waals surface area contributed by atoms with Crippen molar-refractivity contribution in [1.82, 2.24) is 9.97 Å². The monoisotopic (exact) mass is 343 g/mol. The lowest BCUT2D eigenvalue weighted by molar-refractivity contribution is 0.509. The molecule has 0 aliphatic heterocycles. The van der Waals surface area contributed by atoms with E-state index in [0.29, 0.717) is 6.54 Å². The molecule has 0 bridgehead atoms. The fraction of sp³-hybridized carbons (Fsp3) is 0.333. The first-order valence-electron chi connectivity index (χ1n) is 7.95. The molecule has 3 nitrogen and oxygen atoms in total. The fourth-order valence-electron chi connectivity index (χ4n) is 3.23. The Balaban J connectivity index is 1.69. The molecule has 1 aliphatic carbocycles. The van der Waals surface area contributed by atoms with Gasteiger partial charge in [-0.2, -0.15) is 0 Å². The van der Waals surface area contributed by atoms with Crippen molar-refractivity contribution in [2.75, 3.05) is 5.32 Å². The number of anilines is 1. The highest BCUT2D eigenvalue weighted by atomic mass is 35.5. The maximum Gasteiger partial charge on any atom is 0.138 e. The van der Waals surface area contributed by atoms with Gasteiger partial charge in [0, 0.05) is 16.4 Å². The van der Waals surface area contributed by atoms with E-state index >= 15 is 0 Å². The summed E-state index contributed by atoms with van der Waals surface area (Å²) in [4.78, 5) is 11.6. The molecule has 5 heteroatoms. The average molecular weight is 344 g/mol. The molecular formula is C18H18ClN3S. The number of nitrogens with zero attached hydrogens (tertiary/aromatic N) is 2. The summed E-state index contributed by atoms with van der Waals surface area (Å²) in [6, 6.07) is 7.91. The van der Waals surface area contributed by atoms with Crippen LogP contribution in [0.25, 0.3) is 10.2 Å². The molecule has 0 saturated carbocycles. The van der Waals surface area contributed by atoms with Gasteiger partial charge in [-0.1, -0.05) is 36.7 Å². The Bertz CT molecular complexity index is 859. The summed E-state index contributed by atoms with van der Waals surface area (Å²) in [7, 11) is 0. The van der Waals surface area contributed by atoms with Crippen molar-refractivity contribution < 1.29 is 0 Å². The fourth-order valence-corrected chi connectivity index (χ4v) is 4.78. The molecule has 1 atom stereocenters. The smallest absolute Gasteiger partial charge is 0.138 e. The Kier molecular flexibility index (Phi) is 3.95. The standard InChI is InChI=1S/C18H18ClN3S/c1-11-6-7-13-15(8-11)23-18-16(13)17(21-10-22-18)20-9-12-4-2-3-5-14(12)19/h2-5,10-11H,6-9H2,1H3,(H,20,21,22)/t11-/m0/s1. The third-order valence-corrected chi connectivity index (χ3v) is 6.03. The van der Waals surface area contributed by atoms with Gasteiger partial charge in [0.15, 0.2) is 0 Å². The zero-order valence-corrected chi connectivity index (χ0v) is 14.5. The van der Waals surface area contributed by atoms with E-state index in [1.165, 1.54) is 28.7 Å². The Morgan fingerprint density at radius 2 is 2.17 bits per heavy atom. The second-order valence-corrected chi connectivity index (χ2v) is 7.69. The second kappa shape index (κ2) is 6.10. The number of hydrogen-bond acceptors (Lipinski definition) is 4. The summed E-state index contributed by atoms with van der Waals surface area (Å²) in [6.07, 6.45) is 5.20. The zero-order valence-electron chi connectivity index (χ0n) is 13.0. The Morgan fingerprint density at radius 1 is 1.30 bits per heavy atom. The highest BCUT2D eigenvalue weighted by Crippen LogP contribution is 2.39. The van der Waals surface area contributed by atoms with E-state index in [1.54, 1.807) is 6.33 Å². The van der Waals surface area contributed by atoms with Gasteiger partial charge in [0.25, 0.3) is 0 Å². The first kappa shape index (κ1) is 14.9. The summed E-state index contributed by atoms with van der Waals surface area (Å²) < 4.78 is 0. The molecule has 0 spiro atoms. The minimum absolute atomic E-state index is 0.673. The number of benzene rings is 1. The van der Waals surface area contributed by atoms with Gasteiger partial charge in [-0.05, 0) is 42.4 Å². The molecule has 0 unspecified atom stereocenters. The lowest BCUT2D eigenvalue weighted by Crippen LogP contribution is -2.09. The number of aryl methyl sites for hydroxylation is 1. The summed E-state index contributed by atoms with van der Waals surface area (Å²) >= 11 is 8.07. The van der Waals surface area contributed by atoms with Crippen molar-refractivity contribution in [1.29, 1.82) is 0 Å². The SMILES string of the molecule is C[C@H]1CCc2c(sc3ncnc(NCc4ccccc4Cl)c23)C1. The largest absolute Gasteiger partial charge is 0.365 e. The van der Waals surface area contributed by atoms with Gasteiger partial charge < -0.3 is 5.32 Å². The highest BCUT2D eigenvalue weighted by Gasteiger charge is 2.22. The summed E-state index contributed by atoms with van der Waals surface area (Å²) in [5, 5.41) is 5.46. The first-order valence-corrected chi connectivity index (χ1v) is 9.14. The molecule has 118 valence electrons. The first-order chi connectivity index (χ1) is 11.2. The highest BCUT2D eigenvalue weighted by molar-refractivity contribution is 7.19. The molecule has 0 saturated heterocycles. The predicted molar refractivity (Wildman–Crippen MR) is 97.4 cm³/mol. The minimum atomic E-state index is 0.673. The van der Waals surface area contributed by atoms with Crippen molar-refractivity contribution in [3.05, 3.63) is 51.6 Å². The lowest BCUT2D eigenvalue weighted by Gasteiger charge is -2.18. The minimum Gasteiger partial charge on any atom is -0.365 e. The molecule has 0 radical (unpaired) electrons. The maximum atomic E-state index is 6.25. The van der Waals surface area contributed by atoms with E-state index in [9.17, 15) is 0 Å². The number of hydrogen-bond donors (Lipinski definition) is 1. The average Bonchev–Trinajstić information content (AvgIpc) is 2.92. The van der Waals surface area contributed by atoms with E-state index in [1.807, 2.05) is 35.6 Å². The lowest BCUT2D eigenvalue weighted by atomic mass is 9.89. The van der Waals surface area contributed by atoms with Gasteiger partial charge in [0.2, 0.25) is 0 Å². The Morgan fingerprint density at radius 3 is 3.04 bits per heavy atom. The van der Waals surface area contributed by atoms with Gasteiger partial charge in [-0.3, -0.25) is 0 Å². The second-order valence-electron chi connectivity index (χ2n) is 6.20. The number of fused-ring (bicyclic) bond motifs is 3. The zero-order chi connectivity index (χ0) is 15.8. The van der Waals surface area contributed by atoms with Crippen molar-refractivity contribution in [2.45, 2.75) is 32.7 Å². The van der Waals surface area contributed by atoms with E-state index in [0.717, 1.165) is 33.6 Å². The Labute approximate surface area is 144 Å². The van der Waals surface area contributed by atoms with E-state index in [-0.39, 0.29) is 0 Å². The number of nitrogens with one attached hydrogen (secondary N) is 1. The molecular weight excluding hydrogens is 326 g/mol. The normalized spacial score (nSPS) is 17.2. The topological polar surface area (TPSA) is 37.8 Å². The molecule has 0 fully saturated rings. The van der Waals surface area contributed by atoms with Gasteiger partial charge in [0.05, 0.1) is 5.39 Å². The van der Waals surface area contributed by atoms with Gasteiger partial charge in [-0.15, -0.1) is 11.3 Å². The molecule has 0 amide bonds. The quantitative estimate of drug-likeness (QED) is 0.720. The molecule has 2 heterocycles. The third-order valence-electron chi connectivity index (χ3n) is 4.50. The van der Waals surface area contributed by atoms with Gasteiger partial charge in [0.1, 0.15) is 17.0 Å². The van der Waals surface area contributed by atoms with Crippen molar-refractivity contribution in [2.24, 2.45) is 5.92 Å². The third kappa shape index (κ3) is 2.81. The van der Waals surface area contributed by atoms with Crippen LogP contribution in [-0.4, -0.2) is 9.97 Å². The van der Waals surface area contributed by atoms with Gasteiger partial charge >= 0.3 is 0 Å². The number of halogens is 1. The molecule has 1 aromatic carbocycles. The summed E-state index contributed by atoms with van der Waals surface area (Å²) in [5.74, 6) is 1.70. The molecule has 1 aliphatic rings. The van der Waals surface area contributed by atoms with Crippen LogP contribution in [0.3, 0.4) is 0 Å². The summed E-state index contributed by atoms with van der Waals surface area (Å²) in [6.45, 7) is 3.00. The molecule has 3 aromatic rings. The van der Waals surface area contributed by atoms with Crippen LogP contribution in [-0.2, 0) is 19.4 Å². The van der Waals surface area contributed by atoms with Crippen molar-refractivity contribution in [3.63, 3.8) is 0 Å². The number of rotatable bonds is 3. The molecule has 1 N–H and O–H groups in total. The van der Waals surface area contributed by atoms with Gasteiger partial charge in [-0.25, -0.2) is 9.97 Å². The molecule has 23 heavy (non-hydrogen) atoms. The van der Waals surface area contributed by atoms with E-state index in [4.69, 9.17) is 11.6 Å². The predicted octanol–water partition coefficient (Wildman–Crippen LogP) is 5.08. The summed E-state index contributed by atoms with van der Waals surface area (Å²) in [5.41, 5.74) is 2.53. The van der Waals surface area contributed by atoms with Crippen LogP contribution in [0.1, 0.15) is 29.3 Å². The van der Waals surface area contributed by atoms with E-state index < -0.39 is 0 Å². The van der Waals surface area contributed by atoms with Crippen LogP contribution in [0.2, 0.25) is 5.02 Å². The van der Waals surface area contributed by atoms with E-state index in [2.05, 4.69) is 22.2 Å². The molecule has 4 rings (SSSR count).